The molecule has 0 aromatic rings. The lowest BCUT2D eigenvalue weighted by Gasteiger charge is -2.04. The van der Waals surface area contributed by atoms with E-state index in [2.05, 4.69) is 0 Å². The molecule has 138 valence electrons. The van der Waals surface area contributed by atoms with E-state index in [9.17, 15) is 14.4 Å². The molecule has 0 bridgehead atoms. The van der Waals surface area contributed by atoms with Gasteiger partial charge in [0.05, 0.1) is 37.6 Å². The molecule has 1 saturated carbocycles. The Hall–Kier alpha value is -1.59. The number of hydrogen-bond donors (Lipinski definition) is 0. The van der Waals surface area contributed by atoms with E-state index in [1.807, 2.05) is 20.8 Å². The summed E-state index contributed by atoms with van der Waals surface area (Å²) in [5.74, 6) is -3.78. The van der Waals surface area contributed by atoms with Crippen LogP contribution >= 0.6 is 0 Å². The van der Waals surface area contributed by atoms with E-state index in [0.717, 1.165) is 38.5 Å². The van der Waals surface area contributed by atoms with Crippen LogP contribution in [0.3, 0.4) is 0 Å². The Balaban J connectivity index is 2.59. The van der Waals surface area contributed by atoms with Gasteiger partial charge in [-0.1, -0.05) is 40.0 Å². The number of unbranched alkanes of at least 4 members (excludes halogenated alkanes) is 3. The SMILES string of the molecule is CCCCOC(=O)C1C(C(=O)OCCCC)C1C(=O)OCCCC. The van der Waals surface area contributed by atoms with Crippen molar-refractivity contribution in [1.82, 2.24) is 0 Å². The molecule has 0 radical (unpaired) electrons. The van der Waals surface area contributed by atoms with Gasteiger partial charge in [-0.05, 0) is 19.3 Å². The van der Waals surface area contributed by atoms with Crippen LogP contribution in [0.2, 0.25) is 0 Å². The van der Waals surface area contributed by atoms with E-state index >= 15 is 0 Å². The van der Waals surface area contributed by atoms with Gasteiger partial charge in [0.25, 0.3) is 0 Å². The summed E-state index contributed by atoms with van der Waals surface area (Å²) < 4.78 is 15.5. The smallest absolute Gasteiger partial charge is 0.310 e. The molecule has 0 N–H and O–H groups in total. The van der Waals surface area contributed by atoms with Gasteiger partial charge in [0, 0.05) is 0 Å². The van der Waals surface area contributed by atoms with Gasteiger partial charge in [-0.3, -0.25) is 14.4 Å². The van der Waals surface area contributed by atoms with Crippen LogP contribution in [0, 0.1) is 17.8 Å². The third-order valence-corrected chi connectivity index (χ3v) is 4.06. The molecule has 1 rings (SSSR count). The number of ether oxygens (including phenoxy) is 3. The molecule has 0 aromatic carbocycles. The minimum Gasteiger partial charge on any atom is -0.465 e. The maximum absolute atomic E-state index is 12.1. The fraction of sp³-hybridized carbons (Fsp3) is 0.833. The van der Waals surface area contributed by atoms with Crippen molar-refractivity contribution >= 4 is 17.9 Å². The molecule has 1 aliphatic rings. The van der Waals surface area contributed by atoms with Crippen molar-refractivity contribution in [2.75, 3.05) is 19.8 Å². The Morgan fingerprint density at radius 1 is 0.583 bits per heavy atom. The molecule has 0 saturated heterocycles. The van der Waals surface area contributed by atoms with Gasteiger partial charge in [-0.2, -0.15) is 0 Å². The van der Waals surface area contributed by atoms with Crippen molar-refractivity contribution in [3.05, 3.63) is 0 Å². The highest BCUT2D eigenvalue weighted by atomic mass is 16.6. The summed E-state index contributed by atoms with van der Waals surface area (Å²) in [4.78, 5) is 36.4. The van der Waals surface area contributed by atoms with E-state index in [4.69, 9.17) is 14.2 Å². The predicted octanol–water partition coefficient (Wildman–Crippen LogP) is 2.88. The average molecular weight is 342 g/mol. The summed E-state index contributed by atoms with van der Waals surface area (Å²) in [6.45, 7) is 6.90. The molecule has 0 spiro atoms. The third-order valence-electron chi connectivity index (χ3n) is 4.06. The Kier molecular flexibility index (Phi) is 9.42. The first-order valence-corrected chi connectivity index (χ1v) is 9.08. The zero-order valence-corrected chi connectivity index (χ0v) is 15.0. The monoisotopic (exact) mass is 342 g/mol. The van der Waals surface area contributed by atoms with Crippen LogP contribution < -0.4 is 0 Å². The van der Waals surface area contributed by atoms with Crippen molar-refractivity contribution in [3.8, 4) is 0 Å². The molecule has 0 amide bonds. The minimum absolute atomic E-state index is 0.307. The number of carbonyl (C=O) groups excluding carboxylic acids is 3. The molecular formula is C18H30O6. The van der Waals surface area contributed by atoms with Gasteiger partial charge in [0.2, 0.25) is 0 Å². The Bertz CT molecular complexity index is 352. The van der Waals surface area contributed by atoms with Gasteiger partial charge in [-0.15, -0.1) is 0 Å². The fourth-order valence-corrected chi connectivity index (χ4v) is 2.43. The van der Waals surface area contributed by atoms with Gasteiger partial charge >= 0.3 is 17.9 Å². The van der Waals surface area contributed by atoms with Crippen molar-refractivity contribution in [3.63, 3.8) is 0 Å². The van der Waals surface area contributed by atoms with E-state index in [0.29, 0.717) is 19.8 Å². The first-order valence-electron chi connectivity index (χ1n) is 9.08. The Morgan fingerprint density at radius 3 is 1.04 bits per heavy atom. The summed E-state index contributed by atoms with van der Waals surface area (Å²) in [5.41, 5.74) is 0. The van der Waals surface area contributed by atoms with Crippen LogP contribution in [0.4, 0.5) is 0 Å². The van der Waals surface area contributed by atoms with Crippen LogP contribution in [0.1, 0.15) is 59.3 Å². The third kappa shape index (κ3) is 6.13. The van der Waals surface area contributed by atoms with Crippen LogP contribution in [-0.4, -0.2) is 37.7 Å². The number of hydrogen-bond acceptors (Lipinski definition) is 6. The first kappa shape index (κ1) is 20.5. The normalized spacial score (nSPS) is 21.9. The quantitative estimate of drug-likeness (QED) is 0.308. The zero-order chi connectivity index (χ0) is 17.9. The highest BCUT2D eigenvalue weighted by Gasteiger charge is 2.65. The summed E-state index contributed by atoms with van der Waals surface area (Å²) in [6, 6.07) is 0. The fourth-order valence-electron chi connectivity index (χ4n) is 2.43. The van der Waals surface area contributed by atoms with Crippen LogP contribution in [0.5, 0.6) is 0 Å². The largest absolute Gasteiger partial charge is 0.465 e. The summed E-state index contributed by atoms with van der Waals surface area (Å²) in [5, 5.41) is 0. The minimum atomic E-state index is -0.759. The Labute approximate surface area is 144 Å². The van der Waals surface area contributed by atoms with Crippen molar-refractivity contribution in [2.45, 2.75) is 59.3 Å². The molecule has 6 heteroatoms. The molecule has 0 atom stereocenters. The molecule has 0 aliphatic heterocycles. The molecule has 1 aliphatic carbocycles. The highest BCUT2D eigenvalue weighted by Crippen LogP contribution is 2.49. The Morgan fingerprint density at radius 2 is 0.833 bits per heavy atom. The number of esters is 3. The second-order valence-electron chi connectivity index (χ2n) is 6.14. The van der Waals surface area contributed by atoms with Crippen molar-refractivity contribution in [1.29, 1.82) is 0 Å². The summed E-state index contributed by atoms with van der Waals surface area (Å²) >= 11 is 0. The molecule has 0 unspecified atom stereocenters. The van der Waals surface area contributed by atoms with Gasteiger partial charge in [0.1, 0.15) is 0 Å². The lowest BCUT2D eigenvalue weighted by Crippen LogP contribution is -2.14. The predicted molar refractivity (Wildman–Crippen MR) is 88.1 cm³/mol. The van der Waals surface area contributed by atoms with Gasteiger partial charge in [-0.25, -0.2) is 0 Å². The maximum Gasteiger partial charge on any atom is 0.310 e. The van der Waals surface area contributed by atoms with Crippen LogP contribution in [0.15, 0.2) is 0 Å². The lowest BCUT2D eigenvalue weighted by molar-refractivity contribution is -0.151. The zero-order valence-electron chi connectivity index (χ0n) is 15.0. The standard InChI is InChI=1S/C18H30O6/c1-4-7-10-22-16(19)13-14(17(20)23-11-8-5-2)15(13)18(21)24-12-9-6-3/h13-15H,4-12H2,1-3H3. The molecule has 6 nitrogen and oxygen atoms in total. The number of rotatable bonds is 12. The molecule has 1 fully saturated rings. The first-order chi connectivity index (χ1) is 11.6. The maximum atomic E-state index is 12.1. The molecule has 0 aromatic heterocycles. The molecule has 0 heterocycles. The van der Waals surface area contributed by atoms with E-state index in [1.54, 1.807) is 0 Å². The van der Waals surface area contributed by atoms with E-state index < -0.39 is 35.7 Å². The van der Waals surface area contributed by atoms with Crippen LogP contribution in [0.25, 0.3) is 0 Å². The van der Waals surface area contributed by atoms with Crippen LogP contribution in [-0.2, 0) is 28.6 Å². The summed E-state index contributed by atoms with van der Waals surface area (Å²) in [7, 11) is 0. The van der Waals surface area contributed by atoms with Gasteiger partial charge in [0.15, 0.2) is 0 Å². The van der Waals surface area contributed by atoms with Crippen molar-refractivity contribution < 1.29 is 28.6 Å². The topological polar surface area (TPSA) is 78.9 Å². The average Bonchev–Trinajstić information content (AvgIpc) is 3.31. The molecular weight excluding hydrogens is 312 g/mol. The number of carbonyl (C=O) groups is 3. The van der Waals surface area contributed by atoms with E-state index in [-0.39, 0.29) is 0 Å². The summed E-state index contributed by atoms with van der Waals surface area (Å²) in [6.07, 6.45) is 5.00. The van der Waals surface area contributed by atoms with E-state index in [1.165, 1.54) is 0 Å². The second kappa shape index (κ2) is 11.0. The highest BCUT2D eigenvalue weighted by molar-refractivity contribution is 5.97. The van der Waals surface area contributed by atoms with Crippen molar-refractivity contribution in [2.24, 2.45) is 17.8 Å². The van der Waals surface area contributed by atoms with Gasteiger partial charge < -0.3 is 14.2 Å². The molecule has 24 heavy (non-hydrogen) atoms. The second-order valence-corrected chi connectivity index (χ2v) is 6.14. The lowest BCUT2D eigenvalue weighted by atomic mass is 10.3.